The van der Waals surface area contributed by atoms with Gasteiger partial charge in [0.1, 0.15) is 6.07 Å². The number of rotatable bonds is 0. The summed E-state index contributed by atoms with van der Waals surface area (Å²) in [5.74, 6) is 0. The first-order valence-corrected chi connectivity index (χ1v) is 3.73. The summed E-state index contributed by atoms with van der Waals surface area (Å²) >= 11 is 0. The van der Waals surface area contributed by atoms with Crippen LogP contribution in [0.4, 0.5) is 0 Å². The summed E-state index contributed by atoms with van der Waals surface area (Å²) in [6.45, 7) is 0. The summed E-state index contributed by atoms with van der Waals surface area (Å²) in [6, 6.07) is 1.20. The van der Waals surface area contributed by atoms with Gasteiger partial charge in [-0.15, -0.1) is 0 Å². The molecule has 0 aliphatic heterocycles. The molecule has 0 aromatic rings. The minimum absolute atomic E-state index is 0. The molecule has 50 valence electrons. The van der Waals surface area contributed by atoms with Gasteiger partial charge in [-0.3, -0.25) is 0 Å². The third-order valence-electron chi connectivity index (χ3n) is 0.538. The van der Waals surface area contributed by atoms with E-state index in [1.165, 1.54) is 6.07 Å². The zero-order valence-electron chi connectivity index (χ0n) is 5.57. The number of sulfone groups is 1. The van der Waals surface area contributed by atoms with E-state index in [0.717, 1.165) is 6.26 Å². The third-order valence-corrected chi connectivity index (χ3v) is 1.41. The molecular formula is C3H4N2NaO3S+. The molecule has 0 bridgehead atoms. The molecule has 0 fully saturated rings. The number of nitriles is 1. The van der Waals surface area contributed by atoms with Crippen molar-refractivity contribution in [3.8, 4) is 6.07 Å². The Morgan fingerprint density at radius 2 is 2.10 bits per heavy atom. The number of hydrogen-bond acceptors (Lipinski definition) is 5. The average Bonchev–Trinajstić information content (AvgIpc) is 1.65. The van der Waals surface area contributed by atoms with Crippen molar-refractivity contribution in [2.24, 2.45) is 5.16 Å². The van der Waals surface area contributed by atoms with E-state index in [-0.39, 0.29) is 29.6 Å². The van der Waals surface area contributed by atoms with Crippen LogP contribution in [0.25, 0.3) is 0 Å². The van der Waals surface area contributed by atoms with Gasteiger partial charge in [0.05, 0.1) is 0 Å². The molecule has 0 aliphatic carbocycles. The Morgan fingerprint density at radius 3 is 2.10 bits per heavy atom. The van der Waals surface area contributed by atoms with Crippen LogP contribution in [0.5, 0.6) is 0 Å². The van der Waals surface area contributed by atoms with E-state index in [9.17, 15) is 8.42 Å². The van der Waals surface area contributed by atoms with Gasteiger partial charge in [0.15, 0.2) is 0 Å². The quantitative estimate of drug-likeness (QED) is 0.134. The molecule has 0 saturated carbocycles. The molecule has 0 rings (SSSR count). The molecule has 0 saturated heterocycles. The SMILES string of the molecule is CS(=O)(=O)/C(C#N)=N/O.[Na+]. The zero-order valence-corrected chi connectivity index (χ0v) is 8.38. The molecule has 0 radical (unpaired) electrons. The second-order valence-electron chi connectivity index (χ2n) is 1.29. The molecule has 0 spiro atoms. The summed E-state index contributed by atoms with van der Waals surface area (Å²) in [4.78, 5) is 0. The summed E-state index contributed by atoms with van der Waals surface area (Å²) in [7, 11) is -3.63. The van der Waals surface area contributed by atoms with Gasteiger partial charge in [-0.25, -0.2) is 8.42 Å². The molecular weight excluding hydrogens is 167 g/mol. The van der Waals surface area contributed by atoms with Crippen LogP contribution in [0.1, 0.15) is 0 Å². The maximum atomic E-state index is 10.3. The largest absolute Gasteiger partial charge is 1.00 e. The van der Waals surface area contributed by atoms with Gasteiger partial charge in [-0.1, -0.05) is 5.16 Å². The second-order valence-corrected chi connectivity index (χ2v) is 3.22. The van der Waals surface area contributed by atoms with Crippen LogP contribution in [0.3, 0.4) is 0 Å². The molecule has 0 heterocycles. The summed E-state index contributed by atoms with van der Waals surface area (Å²) in [5.41, 5.74) is 0. The molecule has 0 atom stereocenters. The van der Waals surface area contributed by atoms with Crippen molar-refractivity contribution in [2.75, 3.05) is 6.26 Å². The maximum Gasteiger partial charge on any atom is 1.00 e. The first-order chi connectivity index (χ1) is 4.02. The van der Waals surface area contributed by atoms with Crippen LogP contribution in [0.2, 0.25) is 0 Å². The predicted molar refractivity (Wildman–Crippen MR) is 29.7 cm³/mol. The van der Waals surface area contributed by atoms with Gasteiger partial charge < -0.3 is 5.21 Å². The van der Waals surface area contributed by atoms with Gasteiger partial charge in [0, 0.05) is 6.26 Å². The van der Waals surface area contributed by atoms with Crippen molar-refractivity contribution in [2.45, 2.75) is 0 Å². The minimum atomic E-state index is -3.63. The smallest absolute Gasteiger partial charge is 0.409 e. The molecule has 0 unspecified atom stereocenters. The molecule has 0 aromatic carbocycles. The van der Waals surface area contributed by atoms with Gasteiger partial charge in [0.2, 0.25) is 9.84 Å². The Balaban J connectivity index is 0. The monoisotopic (exact) mass is 171 g/mol. The Morgan fingerprint density at radius 1 is 1.70 bits per heavy atom. The fourth-order valence-electron chi connectivity index (χ4n) is 0.179. The van der Waals surface area contributed by atoms with Crippen LogP contribution in [-0.2, 0) is 9.84 Å². The van der Waals surface area contributed by atoms with E-state index in [1.807, 2.05) is 0 Å². The topological polar surface area (TPSA) is 90.5 Å². The van der Waals surface area contributed by atoms with Gasteiger partial charge >= 0.3 is 29.6 Å². The molecule has 7 heteroatoms. The minimum Gasteiger partial charge on any atom is -0.409 e. The van der Waals surface area contributed by atoms with E-state index < -0.39 is 14.9 Å². The van der Waals surface area contributed by atoms with Crippen molar-refractivity contribution in [1.29, 1.82) is 5.26 Å². The van der Waals surface area contributed by atoms with Crippen molar-refractivity contribution < 1.29 is 43.2 Å². The van der Waals surface area contributed by atoms with Crippen molar-refractivity contribution >= 4 is 14.9 Å². The van der Waals surface area contributed by atoms with Crippen LogP contribution >= 0.6 is 0 Å². The van der Waals surface area contributed by atoms with E-state index in [0.29, 0.717) is 0 Å². The van der Waals surface area contributed by atoms with E-state index in [4.69, 9.17) is 10.5 Å². The number of hydrogen-bond donors (Lipinski definition) is 1. The van der Waals surface area contributed by atoms with Crippen LogP contribution in [-0.4, -0.2) is 24.9 Å². The van der Waals surface area contributed by atoms with Crippen molar-refractivity contribution in [3.63, 3.8) is 0 Å². The second kappa shape index (κ2) is 4.68. The van der Waals surface area contributed by atoms with Gasteiger partial charge in [-0.2, -0.15) is 5.26 Å². The summed E-state index contributed by atoms with van der Waals surface area (Å²) < 4.78 is 20.6. The van der Waals surface area contributed by atoms with Crippen LogP contribution in [0.15, 0.2) is 5.16 Å². The normalized spacial score (nSPS) is 11.4. The maximum absolute atomic E-state index is 10.3. The first-order valence-electron chi connectivity index (χ1n) is 1.84. The first kappa shape index (κ1) is 12.6. The third kappa shape index (κ3) is 3.85. The molecule has 10 heavy (non-hydrogen) atoms. The fourth-order valence-corrected chi connectivity index (χ4v) is 0.494. The standard InChI is InChI=1S/C3H4N2O3S.Na/c1-9(7,8)3(2-4)5-6;/h6H,1H3;/q;+1/b5-3+;. The zero-order chi connectivity index (χ0) is 7.49. The molecule has 0 aromatic heterocycles. The predicted octanol–water partition coefficient (Wildman–Crippen LogP) is -3.65. The molecule has 0 amide bonds. The summed E-state index contributed by atoms with van der Waals surface area (Å²) in [6.07, 6.45) is 0.783. The van der Waals surface area contributed by atoms with E-state index in [1.54, 1.807) is 0 Å². The Hall–Kier alpha value is -0.0900. The van der Waals surface area contributed by atoms with Gasteiger partial charge in [-0.05, 0) is 0 Å². The molecule has 1 N–H and O–H groups in total. The summed E-state index contributed by atoms with van der Waals surface area (Å²) in [5, 5.41) is 17.2. The van der Waals surface area contributed by atoms with E-state index in [2.05, 4.69) is 5.16 Å². The fraction of sp³-hybridized carbons (Fsp3) is 0.333. The Kier molecular flexibility index (Phi) is 5.89. The van der Waals surface area contributed by atoms with Crippen molar-refractivity contribution in [3.05, 3.63) is 0 Å². The van der Waals surface area contributed by atoms with E-state index >= 15 is 0 Å². The number of oxime groups is 1. The molecule has 0 aliphatic rings. The average molecular weight is 171 g/mol. The Bertz CT molecular complexity index is 262. The van der Waals surface area contributed by atoms with Crippen LogP contribution < -0.4 is 29.6 Å². The van der Waals surface area contributed by atoms with Crippen LogP contribution in [0, 0.1) is 11.3 Å². The number of nitrogens with zero attached hydrogens (tertiary/aromatic N) is 2. The van der Waals surface area contributed by atoms with Gasteiger partial charge in [0.25, 0.3) is 5.04 Å². The Labute approximate surface area is 80.5 Å². The molecule has 5 nitrogen and oxygen atoms in total. The van der Waals surface area contributed by atoms with Crippen molar-refractivity contribution in [1.82, 2.24) is 0 Å².